The van der Waals surface area contributed by atoms with Gasteiger partial charge in [-0.05, 0) is 50.7 Å². The lowest BCUT2D eigenvalue weighted by Gasteiger charge is -2.40. The van der Waals surface area contributed by atoms with Crippen LogP contribution in [0.1, 0.15) is 18.4 Å². The molecule has 0 amide bonds. The predicted molar refractivity (Wildman–Crippen MR) is 87.0 cm³/mol. The van der Waals surface area contributed by atoms with E-state index in [4.69, 9.17) is 11.6 Å². The fourth-order valence-electron chi connectivity index (χ4n) is 3.95. The third kappa shape index (κ3) is 3.14. The maximum Gasteiger partial charge on any atom is 0.308 e. The number of hydrogen-bond acceptors (Lipinski definition) is 3. The molecule has 4 nitrogen and oxygen atoms in total. The molecule has 2 aliphatic heterocycles. The van der Waals surface area contributed by atoms with Gasteiger partial charge >= 0.3 is 5.97 Å². The molecule has 0 radical (unpaired) electrons. The summed E-state index contributed by atoms with van der Waals surface area (Å²) in [7, 11) is 2.11. The first-order valence-electron chi connectivity index (χ1n) is 7.87. The van der Waals surface area contributed by atoms with Gasteiger partial charge in [0.25, 0.3) is 0 Å². The van der Waals surface area contributed by atoms with Gasteiger partial charge < -0.3 is 10.0 Å². The van der Waals surface area contributed by atoms with E-state index in [-0.39, 0.29) is 11.3 Å². The van der Waals surface area contributed by atoms with Crippen molar-refractivity contribution in [3.63, 3.8) is 0 Å². The Bertz CT molecular complexity index is 538. The fraction of sp³-hybridized carbons (Fsp3) is 0.588. The second-order valence-corrected chi connectivity index (χ2v) is 7.29. The van der Waals surface area contributed by atoms with Gasteiger partial charge in [-0.25, -0.2) is 0 Å². The van der Waals surface area contributed by atoms with Crippen molar-refractivity contribution in [3.05, 3.63) is 34.9 Å². The van der Waals surface area contributed by atoms with Crippen LogP contribution in [-0.2, 0) is 11.3 Å². The van der Waals surface area contributed by atoms with E-state index in [1.807, 2.05) is 24.3 Å². The van der Waals surface area contributed by atoms with Crippen molar-refractivity contribution in [2.24, 2.45) is 11.3 Å². The van der Waals surface area contributed by atoms with Gasteiger partial charge in [-0.1, -0.05) is 23.7 Å². The number of aliphatic carboxylic acids is 1. The summed E-state index contributed by atoms with van der Waals surface area (Å²) in [6.45, 7) is 4.35. The highest BCUT2D eigenvalue weighted by atomic mass is 35.5. The maximum atomic E-state index is 11.7. The zero-order valence-corrected chi connectivity index (χ0v) is 13.7. The zero-order valence-electron chi connectivity index (χ0n) is 13.0. The van der Waals surface area contributed by atoms with Crippen LogP contribution in [0.4, 0.5) is 0 Å². The van der Waals surface area contributed by atoms with Crippen molar-refractivity contribution in [1.29, 1.82) is 0 Å². The highest BCUT2D eigenvalue weighted by molar-refractivity contribution is 6.30. The van der Waals surface area contributed by atoms with Gasteiger partial charge in [-0.3, -0.25) is 9.69 Å². The Labute approximate surface area is 136 Å². The topological polar surface area (TPSA) is 43.8 Å². The second kappa shape index (κ2) is 6.19. The van der Waals surface area contributed by atoms with Crippen molar-refractivity contribution in [2.45, 2.75) is 19.4 Å². The first kappa shape index (κ1) is 15.8. The van der Waals surface area contributed by atoms with Crippen LogP contribution in [0.15, 0.2) is 24.3 Å². The Hall–Kier alpha value is -1.10. The highest BCUT2D eigenvalue weighted by Crippen LogP contribution is 2.45. The summed E-state index contributed by atoms with van der Waals surface area (Å²) in [5, 5.41) is 10.4. The van der Waals surface area contributed by atoms with Gasteiger partial charge in [0, 0.05) is 30.1 Å². The van der Waals surface area contributed by atoms with Gasteiger partial charge in [0.15, 0.2) is 0 Å². The van der Waals surface area contributed by atoms with Crippen LogP contribution in [-0.4, -0.2) is 54.1 Å². The smallest absolute Gasteiger partial charge is 0.308 e. The zero-order chi connectivity index (χ0) is 15.7. The largest absolute Gasteiger partial charge is 0.481 e. The van der Waals surface area contributed by atoms with Crippen LogP contribution in [0, 0.1) is 11.3 Å². The molecule has 0 aliphatic carbocycles. The van der Waals surface area contributed by atoms with Crippen molar-refractivity contribution < 1.29 is 9.90 Å². The summed E-state index contributed by atoms with van der Waals surface area (Å²) in [6.07, 6.45) is 1.97. The number of likely N-dealkylation sites (tertiary alicyclic amines) is 2. The van der Waals surface area contributed by atoms with E-state index >= 15 is 0 Å². The van der Waals surface area contributed by atoms with Gasteiger partial charge in [-0.15, -0.1) is 0 Å². The molecule has 2 aliphatic rings. The Kier molecular flexibility index (Phi) is 4.44. The molecular formula is C17H23ClN2O2. The summed E-state index contributed by atoms with van der Waals surface area (Å²) in [5.74, 6) is -0.878. The monoisotopic (exact) mass is 322 g/mol. The van der Waals surface area contributed by atoms with Gasteiger partial charge in [-0.2, -0.15) is 0 Å². The van der Waals surface area contributed by atoms with E-state index in [1.165, 1.54) is 5.56 Å². The number of piperidine rings is 1. The Morgan fingerprint density at radius 3 is 2.55 bits per heavy atom. The number of carboxylic acids is 1. The summed E-state index contributed by atoms with van der Waals surface area (Å²) >= 11 is 5.93. The average molecular weight is 323 g/mol. The van der Waals surface area contributed by atoms with Crippen LogP contribution in [0.2, 0.25) is 5.02 Å². The Morgan fingerprint density at radius 2 is 1.95 bits per heavy atom. The molecule has 1 atom stereocenters. The normalized spacial score (nSPS) is 25.6. The molecule has 1 N–H and O–H groups in total. The number of rotatable bonds is 3. The second-order valence-electron chi connectivity index (χ2n) is 6.85. The lowest BCUT2D eigenvalue weighted by Crippen LogP contribution is -2.44. The highest BCUT2D eigenvalue weighted by Gasteiger charge is 2.50. The molecule has 1 unspecified atom stereocenters. The van der Waals surface area contributed by atoms with Crippen LogP contribution in [0.5, 0.6) is 0 Å². The molecule has 2 fully saturated rings. The fourth-order valence-corrected chi connectivity index (χ4v) is 4.08. The number of halogens is 1. The quantitative estimate of drug-likeness (QED) is 0.929. The number of nitrogens with zero attached hydrogens (tertiary/aromatic N) is 2. The van der Waals surface area contributed by atoms with Crippen LogP contribution < -0.4 is 0 Å². The molecule has 2 heterocycles. The maximum absolute atomic E-state index is 11.7. The predicted octanol–water partition coefficient (Wildman–Crippen LogP) is 2.57. The number of hydrogen-bond donors (Lipinski definition) is 1. The van der Waals surface area contributed by atoms with Gasteiger partial charge in [0.1, 0.15) is 0 Å². The molecule has 0 bridgehead atoms. The molecule has 22 heavy (non-hydrogen) atoms. The van der Waals surface area contributed by atoms with Gasteiger partial charge in [0.2, 0.25) is 0 Å². The molecule has 120 valence electrons. The third-order valence-electron chi connectivity index (χ3n) is 5.32. The number of benzene rings is 1. The molecule has 0 saturated carbocycles. The summed E-state index contributed by atoms with van der Waals surface area (Å²) in [4.78, 5) is 16.3. The third-order valence-corrected chi connectivity index (χ3v) is 5.57. The van der Waals surface area contributed by atoms with Crippen molar-refractivity contribution >= 4 is 17.6 Å². The van der Waals surface area contributed by atoms with Crippen molar-refractivity contribution in [2.75, 3.05) is 33.2 Å². The van der Waals surface area contributed by atoms with E-state index in [2.05, 4.69) is 16.8 Å². The summed E-state index contributed by atoms with van der Waals surface area (Å²) in [5.41, 5.74) is 1.14. The molecule has 3 rings (SSSR count). The van der Waals surface area contributed by atoms with Crippen molar-refractivity contribution in [3.8, 4) is 0 Å². The molecule has 1 aromatic rings. The molecule has 1 aromatic carbocycles. The SMILES string of the molecule is CN1CCC2(CC1)CN(Cc1ccc(Cl)cc1)CC2C(=O)O. The molecule has 2 saturated heterocycles. The van der Waals surface area contributed by atoms with E-state index in [0.29, 0.717) is 6.54 Å². The number of carboxylic acid groups (broad SMARTS) is 1. The van der Waals surface area contributed by atoms with E-state index < -0.39 is 5.97 Å². The minimum Gasteiger partial charge on any atom is -0.481 e. The lowest BCUT2D eigenvalue weighted by molar-refractivity contribution is -0.145. The lowest BCUT2D eigenvalue weighted by atomic mass is 9.71. The van der Waals surface area contributed by atoms with Gasteiger partial charge in [0.05, 0.1) is 5.92 Å². The van der Waals surface area contributed by atoms with Crippen LogP contribution in [0.3, 0.4) is 0 Å². The Balaban J connectivity index is 1.73. The van der Waals surface area contributed by atoms with E-state index in [9.17, 15) is 9.90 Å². The first-order chi connectivity index (χ1) is 10.5. The average Bonchev–Trinajstić information content (AvgIpc) is 2.83. The molecule has 1 spiro atoms. The summed E-state index contributed by atoms with van der Waals surface area (Å²) < 4.78 is 0. The van der Waals surface area contributed by atoms with E-state index in [0.717, 1.165) is 44.0 Å². The minimum atomic E-state index is -0.636. The van der Waals surface area contributed by atoms with Crippen LogP contribution in [0.25, 0.3) is 0 Å². The van der Waals surface area contributed by atoms with E-state index in [1.54, 1.807) is 0 Å². The van der Waals surface area contributed by atoms with Crippen molar-refractivity contribution in [1.82, 2.24) is 9.80 Å². The molecule has 0 aromatic heterocycles. The van der Waals surface area contributed by atoms with Crippen LogP contribution >= 0.6 is 11.6 Å². The minimum absolute atomic E-state index is 0.0508. The molecule has 5 heteroatoms. The number of carbonyl (C=O) groups is 1. The molecular weight excluding hydrogens is 300 g/mol. The first-order valence-corrected chi connectivity index (χ1v) is 8.24. The Morgan fingerprint density at radius 1 is 1.32 bits per heavy atom. The summed E-state index contributed by atoms with van der Waals surface area (Å²) in [6, 6.07) is 7.84. The standard InChI is InChI=1S/C17H23ClN2O2/c1-19-8-6-17(7-9-19)12-20(11-15(17)16(21)22)10-13-2-4-14(18)5-3-13/h2-5,15H,6-12H2,1H3,(H,21,22).